The Morgan fingerprint density at radius 3 is 2.67 bits per heavy atom. The van der Waals surface area contributed by atoms with E-state index in [1.165, 1.54) is 0 Å². The van der Waals surface area contributed by atoms with E-state index in [1.807, 2.05) is 18.2 Å². The Bertz CT molecular complexity index is 477. The summed E-state index contributed by atoms with van der Waals surface area (Å²) in [5.74, 6) is 0. The van der Waals surface area contributed by atoms with Gasteiger partial charge in [0, 0.05) is 10.6 Å². The quantitative estimate of drug-likeness (QED) is 0.847. The molecule has 15 heavy (non-hydrogen) atoms. The standard InChI is InChI=1S/C11H10Cl2N2/c1-2-7-8(4-3-5-9(7)12)11-10(13)6-14-15-11/h3-6H,2H2,1H3,(H,14,15). The molecule has 0 saturated heterocycles. The molecule has 1 aromatic carbocycles. The van der Waals surface area contributed by atoms with E-state index < -0.39 is 0 Å². The maximum absolute atomic E-state index is 6.12. The summed E-state index contributed by atoms with van der Waals surface area (Å²) < 4.78 is 0. The molecule has 0 atom stereocenters. The molecule has 2 aromatic rings. The Morgan fingerprint density at radius 1 is 1.27 bits per heavy atom. The van der Waals surface area contributed by atoms with Crippen LogP contribution in [0.2, 0.25) is 10.0 Å². The minimum atomic E-state index is 0.618. The number of aromatic amines is 1. The number of H-pyrrole nitrogens is 1. The first-order valence-electron chi connectivity index (χ1n) is 4.70. The fourth-order valence-electron chi connectivity index (χ4n) is 1.61. The molecule has 4 heteroatoms. The van der Waals surface area contributed by atoms with Crippen LogP contribution in [0.4, 0.5) is 0 Å². The second-order valence-electron chi connectivity index (χ2n) is 3.21. The molecule has 0 amide bonds. The summed E-state index contributed by atoms with van der Waals surface area (Å²) in [4.78, 5) is 0. The maximum atomic E-state index is 6.12. The van der Waals surface area contributed by atoms with Gasteiger partial charge in [-0.3, -0.25) is 5.10 Å². The summed E-state index contributed by atoms with van der Waals surface area (Å²) in [5.41, 5.74) is 2.94. The molecule has 0 aliphatic carbocycles. The van der Waals surface area contributed by atoms with Crippen LogP contribution in [-0.4, -0.2) is 10.2 Å². The van der Waals surface area contributed by atoms with Crippen molar-refractivity contribution in [1.82, 2.24) is 10.2 Å². The van der Waals surface area contributed by atoms with Gasteiger partial charge in [-0.15, -0.1) is 0 Å². The average Bonchev–Trinajstić information content (AvgIpc) is 2.64. The molecule has 78 valence electrons. The van der Waals surface area contributed by atoms with Crippen LogP contribution in [0, 0.1) is 0 Å². The van der Waals surface area contributed by atoms with Gasteiger partial charge in [-0.1, -0.05) is 42.3 Å². The first kappa shape index (κ1) is 10.5. The minimum absolute atomic E-state index is 0.618. The lowest BCUT2D eigenvalue weighted by atomic mass is 10.0. The fourth-order valence-corrected chi connectivity index (χ4v) is 2.11. The van der Waals surface area contributed by atoms with Gasteiger partial charge in [-0.25, -0.2) is 0 Å². The molecule has 0 radical (unpaired) electrons. The Morgan fingerprint density at radius 2 is 2.07 bits per heavy atom. The lowest BCUT2D eigenvalue weighted by Crippen LogP contribution is -1.89. The van der Waals surface area contributed by atoms with Crippen molar-refractivity contribution in [3.63, 3.8) is 0 Å². The number of nitrogens with one attached hydrogen (secondary N) is 1. The first-order valence-corrected chi connectivity index (χ1v) is 5.46. The van der Waals surface area contributed by atoms with E-state index in [9.17, 15) is 0 Å². The van der Waals surface area contributed by atoms with E-state index >= 15 is 0 Å². The molecule has 0 spiro atoms. The Balaban J connectivity index is 2.63. The molecule has 0 aliphatic rings. The molecule has 0 saturated carbocycles. The van der Waals surface area contributed by atoms with Crippen LogP contribution in [0.25, 0.3) is 11.3 Å². The monoisotopic (exact) mass is 240 g/mol. The van der Waals surface area contributed by atoms with Crippen molar-refractivity contribution in [2.45, 2.75) is 13.3 Å². The zero-order valence-corrected chi connectivity index (χ0v) is 9.73. The van der Waals surface area contributed by atoms with Crippen molar-refractivity contribution in [1.29, 1.82) is 0 Å². The van der Waals surface area contributed by atoms with Crippen LogP contribution < -0.4 is 0 Å². The topological polar surface area (TPSA) is 28.7 Å². The summed E-state index contributed by atoms with van der Waals surface area (Å²) in [6.07, 6.45) is 2.46. The Kier molecular flexibility index (Phi) is 2.98. The van der Waals surface area contributed by atoms with E-state index in [0.29, 0.717) is 5.02 Å². The molecule has 0 unspecified atom stereocenters. The number of halogens is 2. The number of hydrogen-bond acceptors (Lipinski definition) is 1. The lowest BCUT2D eigenvalue weighted by molar-refractivity contribution is 1.08. The van der Waals surface area contributed by atoms with E-state index in [2.05, 4.69) is 17.1 Å². The third-order valence-corrected chi connectivity index (χ3v) is 2.98. The maximum Gasteiger partial charge on any atom is 0.0863 e. The van der Waals surface area contributed by atoms with Gasteiger partial charge in [-0.05, 0) is 18.1 Å². The van der Waals surface area contributed by atoms with E-state index in [4.69, 9.17) is 23.2 Å². The average molecular weight is 241 g/mol. The highest BCUT2D eigenvalue weighted by atomic mass is 35.5. The van der Waals surface area contributed by atoms with Crippen LogP contribution in [0.5, 0.6) is 0 Å². The second kappa shape index (κ2) is 4.25. The first-order chi connectivity index (χ1) is 7.24. The van der Waals surface area contributed by atoms with Crippen molar-refractivity contribution in [3.8, 4) is 11.3 Å². The van der Waals surface area contributed by atoms with Gasteiger partial charge in [0.05, 0.1) is 16.9 Å². The van der Waals surface area contributed by atoms with Gasteiger partial charge < -0.3 is 0 Å². The van der Waals surface area contributed by atoms with Crippen molar-refractivity contribution < 1.29 is 0 Å². The lowest BCUT2D eigenvalue weighted by Gasteiger charge is -2.08. The molecule has 0 bridgehead atoms. The number of rotatable bonds is 2. The minimum Gasteiger partial charge on any atom is -0.276 e. The molecule has 1 heterocycles. The van der Waals surface area contributed by atoms with Crippen molar-refractivity contribution in [2.24, 2.45) is 0 Å². The predicted molar refractivity (Wildman–Crippen MR) is 63.4 cm³/mol. The van der Waals surface area contributed by atoms with Gasteiger partial charge >= 0.3 is 0 Å². The summed E-state index contributed by atoms with van der Waals surface area (Å²) in [6, 6.07) is 5.78. The number of aromatic nitrogens is 2. The van der Waals surface area contributed by atoms with Crippen molar-refractivity contribution >= 4 is 23.2 Å². The highest BCUT2D eigenvalue weighted by Crippen LogP contribution is 2.32. The fraction of sp³-hybridized carbons (Fsp3) is 0.182. The van der Waals surface area contributed by atoms with Gasteiger partial charge in [-0.2, -0.15) is 5.10 Å². The van der Waals surface area contributed by atoms with E-state index in [-0.39, 0.29) is 0 Å². The highest BCUT2D eigenvalue weighted by molar-refractivity contribution is 6.34. The van der Waals surface area contributed by atoms with Crippen LogP contribution in [0.1, 0.15) is 12.5 Å². The highest BCUT2D eigenvalue weighted by Gasteiger charge is 2.11. The third kappa shape index (κ3) is 1.87. The largest absolute Gasteiger partial charge is 0.276 e. The van der Waals surface area contributed by atoms with Crippen molar-refractivity contribution in [2.75, 3.05) is 0 Å². The van der Waals surface area contributed by atoms with E-state index in [0.717, 1.165) is 28.3 Å². The predicted octanol–water partition coefficient (Wildman–Crippen LogP) is 3.95. The van der Waals surface area contributed by atoms with E-state index in [1.54, 1.807) is 6.20 Å². The van der Waals surface area contributed by atoms with Gasteiger partial charge in [0.2, 0.25) is 0 Å². The number of benzene rings is 1. The van der Waals surface area contributed by atoms with Gasteiger partial charge in [0.1, 0.15) is 0 Å². The van der Waals surface area contributed by atoms with Crippen LogP contribution >= 0.6 is 23.2 Å². The molecule has 2 rings (SSSR count). The summed E-state index contributed by atoms with van der Waals surface area (Å²) in [7, 11) is 0. The SMILES string of the molecule is CCc1c(Cl)cccc1-c1[nH]ncc1Cl. The van der Waals surface area contributed by atoms with Crippen LogP contribution in [0.3, 0.4) is 0 Å². The summed E-state index contributed by atoms with van der Waals surface area (Å²) in [6.45, 7) is 2.06. The zero-order chi connectivity index (χ0) is 10.8. The molecule has 1 aromatic heterocycles. The molecular weight excluding hydrogens is 231 g/mol. The van der Waals surface area contributed by atoms with Crippen LogP contribution in [0.15, 0.2) is 24.4 Å². The summed E-state index contributed by atoms with van der Waals surface area (Å²) >= 11 is 12.1. The summed E-state index contributed by atoms with van der Waals surface area (Å²) in [5, 5.41) is 8.17. The molecular formula is C11H10Cl2N2. The number of nitrogens with zero attached hydrogens (tertiary/aromatic N) is 1. The van der Waals surface area contributed by atoms with Crippen LogP contribution in [-0.2, 0) is 6.42 Å². The molecule has 0 fully saturated rings. The number of hydrogen-bond donors (Lipinski definition) is 1. The normalized spacial score (nSPS) is 10.6. The Hall–Kier alpha value is -0.990. The Labute approximate surface area is 98.2 Å². The molecule has 2 nitrogen and oxygen atoms in total. The molecule has 1 N–H and O–H groups in total. The van der Waals surface area contributed by atoms with Gasteiger partial charge in [0.15, 0.2) is 0 Å². The molecule has 0 aliphatic heterocycles. The van der Waals surface area contributed by atoms with Gasteiger partial charge in [0.25, 0.3) is 0 Å². The zero-order valence-electron chi connectivity index (χ0n) is 8.22. The smallest absolute Gasteiger partial charge is 0.0863 e. The van der Waals surface area contributed by atoms with Crippen molar-refractivity contribution in [3.05, 3.63) is 40.0 Å². The third-order valence-electron chi connectivity index (χ3n) is 2.33. The second-order valence-corrected chi connectivity index (χ2v) is 4.03.